The number of aromatic nitrogens is 2. The van der Waals surface area contributed by atoms with Gasteiger partial charge in [0.05, 0.1) is 6.26 Å². The number of carbonyl (C=O) groups excluding carboxylic acids is 2. The smallest absolute Gasteiger partial charge is 0.287 e. The molecule has 0 saturated carbocycles. The Morgan fingerprint density at radius 1 is 0.839 bits per heavy atom. The van der Waals surface area contributed by atoms with Gasteiger partial charge in [-0.25, -0.2) is 0 Å². The van der Waals surface area contributed by atoms with E-state index in [1.807, 2.05) is 31.2 Å². The molecular weight excluding hydrogens is 396 g/mol. The zero-order valence-electron chi connectivity index (χ0n) is 16.8. The molecule has 4 aromatic rings. The van der Waals surface area contributed by atoms with E-state index in [-0.39, 0.29) is 30.7 Å². The first-order chi connectivity index (χ1) is 15.1. The molecule has 0 radical (unpaired) electrons. The molecule has 0 aliphatic carbocycles. The normalized spacial score (nSPS) is 10.6. The van der Waals surface area contributed by atoms with Crippen molar-refractivity contribution in [3.8, 4) is 22.9 Å². The SMILES string of the molecule is Cc1cccc(-c2nnc(-c3ccc(C(=O)NCCNC(=O)c4ccco4)cc3)o2)c1. The molecule has 8 heteroatoms. The molecule has 2 N–H and O–H groups in total. The highest BCUT2D eigenvalue weighted by atomic mass is 16.4. The standard InChI is InChI=1S/C23H20N4O4/c1-15-4-2-5-18(14-15)23-27-26-22(31-23)17-9-7-16(8-10-17)20(28)24-11-12-25-21(29)19-6-3-13-30-19/h2-10,13-14H,11-12H2,1H3,(H,24,28)(H,25,29). The van der Waals surface area contributed by atoms with Crippen LogP contribution in [0.3, 0.4) is 0 Å². The number of amides is 2. The first kappa shape index (κ1) is 20.1. The van der Waals surface area contributed by atoms with Gasteiger partial charge in [0.1, 0.15) is 0 Å². The number of nitrogens with one attached hydrogen (secondary N) is 2. The summed E-state index contributed by atoms with van der Waals surface area (Å²) in [6, 6.07) is 17.9. The Hall–Kier alpha value is -4.20. The van der Waals surface area contributed by atoms with Crippen LogP contribution < -0.4 is 10.6 Å². The van der Waals surface area contributed by atoms with E-state index in [9.17, 15) is 9.59 Å². The summed E-state index contributed by atoms with van der Waals surface area (Å²) in [6.45, 7) is 2.57. The fraction of sp³-hybridized carbons (Fsp3) is 0.130. The summed E-state index contributed by atoms with van der Waals surface area (Å²) in [5.41, 5.74) is 3.16. The van der Waals surface area contributed by atoms with Crippen LogP contribution in [0.2, 0.25) is 0 Å². The number of hydrogen-bond donors (Lipinski definition) is 2. The lowest BCUT2D eigenvalue weighted by Crippen LogP contribution is -2.34. The third-order valence-corrected chi connectivity index (χ3v) is 4.53. The van der Waals surface area contributed by atoms with Crippen molar-refractivity contribution in [2.45, 2.75) is 6.92 Å². The minimum atomic E-state index is -0.326. The van der Waals surface area contributed by atoms with Crippen molar-refractivity contribution in [1.29, 1.82) is 0 Å². The van der Waals surface area contributed by atoms with Crippen LogP contribution in [-0.4, -0.2) is 35.1 Å². The van der Waals surface area contributed by atoms with Crippen LogP contribution in [0.25, 0.3) is 22.9 Å². The summed E-state index contributed by atoms with van der Waals surface area (Å²) < 4.78 is 10.8. The van der Waals surface area contributed by atoms with Crippen LogP contribution in [0.1, 0.15) is 26.5 Å². The Morgan fingerprint density at radius 2 is 1.55 bits per heavy atom. The van der Waals surface area contributed by atoms with Gasteiger partial charge in [0.15, 0.2) is 5.76 Å². The molecule has 0 aliphatic heterocycles. The van der Waals surface area contributed by atoms with E-state index in [1.165, 1.54) is 6.26 Å². The average molecular weight is 416 g/mol. The maximum Gasteiger partial charge on any atom is 0.287 e. The lowest BCUT2D eigenvalue weighted by atomic mass is 10.1. The molecule has 156 valence electrons. The largest absolute Gasteiger partial charge is 0.459 e. The number of hydrogen-bond acceptors (Lipinski definition) is 6. The molecule has 0 fully saturated rings. The molecule has 2 aromatic carbocycles. The van der Waals surface area contributed by atoms with Crippen molar-refractivity contribution in [2.24, 2.45) is 0 Å². The Balaban J connectivity index is 1.32. The maximum absolute atomic E-state index is 12.3. The molecule has 2 amide bonds. The zero-order chi connectivity index (χ0) is 21.6. The lowest BCUT2D eigenvalue weighted by molar-refractivity contribution is 0.0910. The molecule has 0 spiro atoms. The third kappa shape index (κ3) is 4.87. The van der Waals surface area contributed by atoms with Crippen molar-refractivity contribution in [2.75, 3.05) is 13.1 Å². The van der Waals surface area contributed by atoms with Gasteiger partial charge in [-0.2, -0.15) is 0 Å². The van der Waals surface area contributed by atoms with Crippen molar-refractivity contribution >= 4 is 11.8 Å². The van der Waals surface area contributed by atoms with Gasteiger partial charge in [-0.3, -0.25) is 9.59 Å². The van der Waals surface area contributed by atoms with Crippen LogP contribution in [0, 0.1) is 6.92 Å². The molecule has 8 nitrogen and oxygen atoms in total. The van der Waals surface area contributed by atoms with Crippen molar-refractivity contribution in [3.05, 3.63) is 83.8 Å². The minimum absolute atomic E-state index is 0.230. The first-order valence-corrected chi connectivity index (χ1v) is 9.71. The molecule has 0 unspecified atom stereocenters. The van der Waals surface area contributed by atoms with Gasteiger partial charge >= 0.3 is 0 Å². The predicted octanol–water partition coefficient (Wildman–Crippen LogP) is 3.46. The number of aryl methyl sites for hydroxylation is 1. The number of benzene rings is 2. The Kier molecular flexibility index (Phi) is 5.89. The average Bonchev–Trinajstić information content (AvgIpc) is 3.49. The number of furan rings is 1. The topological polar surface area (TPSA) is 110 Å². The van der Waals surface area contributed by atoms with Crippen LogP contribution in [-0.2, 0) is 0 Å². The molecule has 31 heavy (non-hydrogen) atoms. The molecule has 0 saturated heterocycles. The Labute approximate surface area is 178 Å². The fourth-order valence-electron chi connectivity index (χ4n) is 2.95. The highest BCUT2D eigenvalue weighted by molar-refractivity contribution is 5.94. The van der Waals surface area contributed by atoms with Crippen LogP contribution in [0.4, 0.5) is 0 Å². The van der Waals surface area contributed by atoms with Crippen molar-refractivity contribution < 1.29 is 18.4 Å². The molecule has 0 bridgehead atoms. The number of nitrogens with zero attached hydrogens (tertiary/aromatic N) is 2. The monoisotopic (exact) mass is 416 g/mol. The van der Waals surface area contributed by atoms with Crippen molar-refractivity contribution in [3.63, 3.8) is 0 Å². The molecule has 2 heterocycles. The number of rotatable bonds is 7. The quantitative estimate of drug-likeness (QED) is 0.447. The highest BCUT2D eigenvalue weighted by Gasteiger charge is 2.12. The predicted molar refractivity (Wildman–Crippen MR) is 113 cm³/mol. The van der Waals surface area contributed by atoms with E-state index in [2.05, 4.69) is 20.8 Å². The van der Waals surface area contributed by atoms with Gasteiger partial charge in [0, 0.05) is 29.8 Å². The summed E-state index contributed by atoms with van der Waals surface area (Å²) in [7, 11) is 0. The van der Waals surface area contributed by atoms with E-state index >= 15 is 0 Å². The van der Waals surface area contributed by atoms with E-state index < -0.39 is 0 Å². The Bertz CT molecular complexity index is 1180. The zero-order valence-corrected chi connectivity index (χ0v) is 16.8. The summed E-state index contributed by atoms with van der Waals surface area (Å²) in [4.78, 5) is 24.1. The van der Waals surface area contributed by atoms with Gasteiger partial charge in [0.2, 0.25) is 11.8 Å². The van der Waals surface area contributed by atoms with Gasteiger partial charge in [-0.1, -0.05) is 17.7 Å². The van der Waals surface area contributed by atoms with E-state index in [1.54, 1.807) is 36.4 Å². The van der Waals surface area contributed by atoms with Gasteiger partial charge in [-0.15, -0.1) is 10.2 Å². The van der Waals surface area contributed by atoms with Crippen LogP contribution in [0.15, 0.2) is 75.8 Å². The summed E-state index contributed by atoms with van der Waals surface area (Å²) in [5.74, 6) is 0.479. The van der Waals surface area contributed by atoms with E-state index in [4.69, 9.17) is 8.83 Å². The van der Waals surface area contributed by atoms with Crippen LogP contribution >= 0.6 is 0 Å². The van der Waals surface area contributed by atoms with Gasteiger partial charge in [0.25, 0.3) is 11.8 Å². The highest BCUT2D eigenvalue weighted by Crippen LogP contribution is 2.24. The first-order valence-electron chi connectivity index (χ1n) is 9.71. The van der Waals surface area contributed by atoms with Crippen LogP contribution in [0.5, 0.6) is 0 Å². The molecular formula is C23H20N4O4. The molecule has 4 rings (SSSR count). The minimum Gasteiger partial charge on any atom is -0.459 e. The van der Waals surface area contributed by atoms with E-state index in [0.29, 0.717) is 22.9 Å². The molecule has 0 aliphatic rings. The third-order valence-electron chi connectivity index (χ3n) is 4.53. The number of carbonyl (C=O) groups is 2. The summed E-state index contributed by atoms with van der Waals surface area (Å²) in [6.07, 6.45) is 1.43. The van der Waals surface area contributed by atoms with Crippen molar-refractivity contribution in [1.82, 2.24) is 20.8 Å². The molecule has 0 atom stereocenters. The van der Waals surface area contributed by atoms with E-state index in [0.717, 1.165) is 11.1 Å². The summed E-state index contributed by atoms with van der Waals surface area (Å²) >= 11 is 0. The Morgan fingerprint density at radius 3 is 2.23 bits per heavy atom. The fourth-order valence-corrected chi connectivity index (χ4v) is 2.95. The van der Waals surface area contributed by atoms with Gasteiger partial charge in [-0.05, 0) is 55.5 Å². The second-order valence-electron chi connectivity index (χ2n) is 6.85. The summed E-state index contributed by atoms with van der Waals surface area (Å²) in [5, 5.41) is 13.6. The molecule has 2 aromatic heterocycles. The second-order valence-corrected chi connectivity index (χ2v) is 6.85. The lowest BCUT2D eigenvalue weighted by Gasteiger charge is -2.06. The maximum atomic E-state index is 12.3. The van der Waals surface area contributed by atoms with Gasteiger partial charge < -0.3 is 19.5 Å². The second kappa shape index (κ2) is 9.08.